The Bertz CT molecular complexity index is 380. The number of hydrogen-bond donors (Lipinski definition) is 0. The van der Waals surface area contributed by atoms with Gasteiger partial charge in [-0.05, 0) is 24.3 Å². The second-order valence-electron chi connectivity index (χ2n) is 4.68. The summed E-state index contributed by atoms with van der Waals surface area (Å²) in [5.74, 6) is 1.13. The standard InChI is InChI=1S/C13H14O2/c1-3-8-6-9-12-10(15-13(9)14)5-4-7(2)11(8)12/h3-5,8-12H,1-2,6H2/t8-,9?,10+,11+,12+/m0/s1. The zero-order valence-corrected chi connectivity index (χ0v) is 8.56. The van der Waals surface area contributed by atoms with Crippen molar-refractivity contribution in [2.24, 2.45) is 23.7 Å². The van der Waals surface area contributed by atoms with Gasteiger partial charge in [-0.1, -0.05) is 24.3 Å². The van der Waals surface area contributed by atoms with Gasteiger partial charge in [0.05, 0.1) is 5.92 Å². The lowest BCUT2D eigenvalue weighted by Gasteiger charge is -2.29. The van der Waals surface area contributed by atoms with E-state index >= 15 is 0 Å². The van der Waals surface area contributed by atoms with Crippen molar-refractivity contribution in [2.45, 2.75) is 12.5 Å². The van der Waals surface area contributed by atoms with Gasteiger partial charge < -0.3 is 4.74 Å². The molecule has 15 heavy (non-hydrogen) atoms. The van der Waals surface area contributed by atoms with Crippen molar-refractivity contribution in [3.05, 3.63) is 37.0 Å². The van der Waals surface area contributed by atoms with Crippen LogP contribution in [0.4, 0.5) is 0 Å². The Labute approximate surface area is 89.3 Å². The summed E-state index contributed by atoms with van der Waals surface area (Å²) in [6.07, 6.45) is 6.82. The molecule has 0 bridgehead atoms. The number of carbonyl (C=O) groups is 1. The van der Waals surface area contributed by atoms with E-state index in [9.17, 15) is 4.79 Å². The Morgan fingerprint density at radius 1 is 1.53 bits per heavy atom. The SMILES string of the molecule is C=C[C@H]1CC2C(=O)O[C@@H]3C=CC(=C)[C@H]1[C@H]23. The lowest BCUT2D eigenvalue weighted by molar-refractivity contribution is -0.143. The minimum absolute atomic E-state index is 0.0112. The van der Waals surface area contributed by atoms with Gasteiger partial charge in [0.1, 0.15) is 6.10 Å². The molecule has 1 unspecified atom stereocenters. The fourth-order valence-electron chi connectivity index (χ4n) is 3.38. The van der Waals surface area contributed by atoms with Crippen LogP contribution in [0, 0.1) is 23.7 Å². The number of rotatable bonds is 1. The summed E-state index contributed by atoms with van der Waals surface area (Å²) in [5.41, 5.74) is 1.13. The van der Waals surface area contributed by atoms with Gasteiger partial charge in [0.2, 0.25) is 0 Å². The van der Waals surface area contributed by atoms with E-state index in [1.54, 1.807) is 0 Å². The van der Waals surface area contributed by atoms with Crippen LogP contribution in [0.25, 0.3) is 0 Å². The molecule has 0 amide bonds. The first-order valence-corrected chi connectivity index (χ1v) is 5.42. The van der Waals surface area contributed by atoms with Gasteiger partial charge in [0.25, 0.3) is 0 Å². The van der Waals surface area contributed by atoms with E-state index in [1.165, 1.54) is 0 Å². The topological polar surface area (TPSA) is 26.3 Å². The van der Waals surface area contributed by atoms with E-state index < -0.39 is 0 Å². The first kappa shape index (κ1) is 8.96. The molecule has 0 spiro atoms. The smallest absolute Gasteiger partial charge is 0.310 e. The van der Waals surface area contributed by atoms with E-state index in [2.05, 4.69) is 13.2 Å². The van der Waals surface area contributed by atoms with Crippen molar-refractivity contribution in [2.75, 3.05) is 0 Å². The van der Waals surface area contributed by atoms with Crippen LogP contribution >= 0.6 is 0 Å². The number of carbonyl (C=O) groups excluding carboxylic acids is 1. The molecule has 0 N–H and O–H groups in total. The van der Waals surface area contributed by atoms with E-state index in [1.807, 2.05) is 18.2 Å². The Morgan fingerprint density at radius 2 is 2.33 bits per heavy atom. The van der Waals surface area contributed by atoms with Crippen LogP contribution in [0.2, 0.25) is 0 Å². The van der Waals surface area contributed by atoms with Crippen LogP contribution in [-0.2, 0) is 9.53 Å². The van der Waals surface area contributed by atoms with Crippen LogP contribution in [-0.4, -0.2) is 12.1 Å². The molecule has 1 saturated heterocycles. The zero-order valence-electron chi connectivity index (χ0n) is 8.56. The fourth-order valence-corrected chi connectivity index (χ4v) is 3.38. The summed E-state index contributed by atoms with van der Waals surface area (Å²) >= 11 is 0. The molecule has 2 nitrogen and oxygen atoms in total. The highest BCUT2D eigenvalue weighted by molar-refractivity contribution is 5.77. The minimum atomic E-state index is -0.0290. The Morgan fingerprint density at radius 3 is 3.07 bits per heavy atom. The molecule has 2 heteroatoms. The summed E-state index contributed by atoms with van der Waals surface area (Å²) < 4.78 is 5.34. The zero-order chi connectivity index (χ0) is 10.6. The molecule has 78 valence electrons. The van der Waals surface area contributed by atoms with Crippen molar-refractivity contribution in [1.29, 1.82) is 0 Å². The maximum Gasteiger partial charge on any atom is 0.310 e. The normalized spacial score (nSPS) is 46.5. The van der Waals surface area contributed by atoms with Gasteiger partial charge >= 0.3 is 5.97 Å². The van der Waals surface area contributed by atoms with Crippen molar-refractivity contribution in [3.8, 4) is 0 Å². The number of ether oxygens (including phenoxy) is 1. The fraction of sp³-hybridized carbons (Fsp3) is 0.462. The van der Waals surface area contributed by atoms with Crippen LogP contribution in [0.1, 0.15) is 6.42 Å². The maximum atomic E-state index is 11.6. The molecule has 0 aromatic carbocycles. The molecule has 0 aromatic rings. The molecule has 3 aliphatic rings. The molecule has 1 aliphatic heterocycles. The van der Waals surface area contributed by atoms with Gasteiger partial charge in [-0.2, -0.15) is 0 Å². The summed E-state index contributed by atoms with van der Waals surface area (Å²) in [5, 5.41) is 0. The lowest BCUT2D eigenvalue weighted by Crippen LogP contribution is -2.28. The largest absolute Gasteiger partial charge is 0.458 e. The first-order chi connectivity index (χ1) is 7.22. The quantitative estimate of drug-likeness (QED) is 0.480. The summed E-state index contributed by atoms with van der Waals surface area (Å²) in [6.45, 7) is 7.93. The van der Waals surface area contributed by atoms with Crippen molar-refractivity contribution in [1.82, 2.24) is 0 Å². The lowest BCUT2D eigenvalue weighted by atomic mass is 9.76. The maximum absolute atomic E-state index is 11.6. The van der Waals surface area contributed by atoms with Crippen LogP contribution < -0.4 is 0 Å². The summed E-state index contributed by atoms with van der Waals surface area (Å²) in [6, 6.07) is 0. The van der Waals surface area contributed by atoms with E-state index in [4.69, 9.17) is 4.74 Å². The van der Waals surface area contributed by atoms with Gasteiger partial charge in [0.15, 0.2) is 0 Å². The molecule has 2 fully saturated rings. The third-order valence-electron chi connectivity index (χ3n) is 4.03. The third-order valence-corrected chi connectivity index (χ3v) is 4.03. The molecule has 0 aromatic heterocycles. The molecule has 1 heterocycles. The van der Waals surface area contributed by atoms with Crippen molar-refractivity contribution < 1.29 is 9.53 Å². The minimum Gasteiger partial charge on any atom is -0.458 e. The van der Waals surface area contributed by atoms with E-state index in [0.29, 0.717) is 17.8 Å². The molecule has 0 radical (unpaired) electrons. The van der Waals surface area contributed by atoms with Crippen molar-refractivity contribution in [3.63, 3.8) is 0 Å². The predicted octanol–water partition coefficient (Wildman–Crippen LogP) is 2.09. The highest BCUT2D eigenvalue weighted by Crippen LogP contribution is 2.53. The Kier molecular flexibility index (Phi) is 1.70. The van der Waals surface area contributed by atoms with E-state index in [0.717, 1.165) is 12.0 Å². The van der Waals surface area contributed by atoms with E-state index in [-0.39, 0.29) is 18.0 Å². The summed E-state index contributed by atoms with van der Waals surface area (Å²) in [4.78, 5) is 11.6. The summed E-state index contributed by atoms with van der Waals surface area (Å²) in [7, 11) is 0. The predicted molar refractivity (Wildman–Crippen MR) is 56.9 cm³/mol. The molecule has 2 aliphatic carbocycles. The van der Waals surface area contributed by atoms with Gasteiger partial charge in [-0.25, -0.2) is 0 Å². The van der Waals surface area contributed by atoms with Crippen molar-refractivity contribution >= 4 is 5.97 Å². The van der Waals surface area contributed by atoms with Crippen LogP contribution in [0.15, 0.2) is 37.0 Å². The monoisotopic (exact) mass is 202 g/mol. The molecular weight excluding hydrogens is 188 g/mol. The highest BCUT2D eigenvalue weighted by atomic mass is 16.6. The highest BCUT2D eigenvalue weighted by Gasteiger charge is 2.56. The third kappa shape index (κ3) is 1.02. The molecule has 3 rings (SSSR count). The number of hydrogen-bond acceptors (Lipinski definition) is 2. The van der Waals surface area contributed by atoms with Gasteiger partial charge in [-0.3, -0.25) is 4.79 Å². The number of esters is 1. The van der Waals surface area contributed by atoms with Gasteiger partial charge in [0, 0.05) is 5.92 Å². The molecular formula is C13H14O2. The Hall–Kier alpha value is -1.31. The average Bonchev–Trinajstić information content (AvgIpc) is 2.74. The number of allylic oxidation sites excluding steroid dienone is 3. The first-order valence-electron chi connectivity index (χ1n) is 5.42. The van der Waals surface area contributed by atoms with Crippen LogP contribution in [0.5, 0.6) is 0 Å². The molecule has 1 saturated carbocycles. The van der Waals surface area contributed by atoms with Gasteiger partial charge in [-0.15, -0.1) is 6.58 Å². The average molecular weight is 202 g/mol. The molecule has 5 atom stereocenters. The second-order valence-corrected chi connectivity index (χ2v) is 4.68. The second kappa shape index (κ2) is 2.84. The Balaban J connectivity index is 2.06. The van der Waals surface area contributed by atoms with Crippen LogP contribution in [0.3, 0.4) is 0 Å².